The van der Waals surface area contributed by atoms with Crippen LogP contribution in [0.5, 0.6) is 0 Å². The van der Waals surface area contributed by atoms with Gasteiger partial charge in [0.05, 0.1) is 10.6 Å². The summed E-state index contributed by atoms with van der Waals surface area (Å²) in [4.78, 5) is 14.3. The van der Waals surface area contributed by atoms with Crippen LogP contribution in [0.1, 0.15) is 12.1 Å². The molecule has 1 aliphatic heterocycles. The molecule has 0 bridgehead atoms. The Morgan fingerprint density at radius 2 is 1.91 bits per heavy atom. The first-order chi connectivity index (χ1) is 10.4. The van der Waals surface area contributed by atoms with Crippen molar-refractivity contribution in [2.45, 2.75) is 23.5 Å². The number of amides is 1. The normalized spacial score (nSPS) is 18.9. The lowest BCUT2D eigenvalue weighted by molar-refractivity contribution is -0.116. The second-order valence-corrected chi connectivity index (χ2v) is 7.52. The highest BCUT2D eigenvalue weighted by atomic mass is 32.2. The lowest BCUT2D eigenvalue weighted by Crippen LogP contribution is -2.34. The van der Waals surface area contributed by atoms with E-state index >= 15 is 0 Å². The molecule has 2 heterocycles. The van der Waals surface area contributed by atoms with E-state index in [0.717, 1.165) is 5.69 Å². The predicted octanol–water partition coefficient (Wildman–Crippen LogP) is 1.31. The van der Waals surface area contributed by atoms with Crippen LogP contribution in [0.25, 0.3) is 0 Å². The van der Waals surface area contributed by atoms with Crippen molar-refractivity contribution in [1.82, 2.24) is 9.78 Å². The summed E-state index contributed by atoms with van der Waals surface area (Å²) in [5.41, 5.74) is 0.791. The zero-order chi connectivity index (χ0) is 15.9. The molecular formula is C15H17N3O3S. The van der Waals surface area contributed by atoms with Gasteiger partial charge >= 0.3 is 0 Å². The van der Waals surface area contributed by atoms with Crippen molar-refractivity contribution in [3.8, 4) is 0 Å². The fraction of sp³-hybridized carbons (Fsp3) is 0.333. The molecule has 1 saturated heterocycles. The van der Waals surface area contributed by atoms with Crippen LogP contribution >= 0.6 is 0 Å². The third-order valence-electron chi connectivity index (χ3n) is 3.86. The molecule has 0 N–H and O–H groups in total. The predicted molar refractivity (Wildman–Crippen MR) is 82.3 cm³/mol. The van der Waals surface area contributed by atoms with Crippen LogP contribution in [-0.2, 0) is 21.7 Å². The summed E-state index contributed by atoms with van der Waals surface area (Å²) in [6, 6.07) is 9.91. The molecule has 3 rings (SSSR count). The van der Waals surface area contributed by atoms with E-state index in [1.165, 1.54) is 17.0 Å². The second kappa shape index (κ2) is 5.24. The first-order valence-corrected chi connectivity index (χ1v) is 8.57. The van der Waals surface area contributed by atoms with Gasteiger partial charge in [0.2, 0.25) is 5.91 Å². The summed E-state index contributed by atoms with van der Waals surface area (Å²) in [5, 5.41) is 3.19. The molecule has 1 amide bonds. The molecular weight excluding hydrogens is 302 g/mol. The molecule has 1 aromatic carbocycles. The zero-order valence-corrected chi connectivity index (χ0v) is 13.2. The topological polar surface area (TPSA) is 72.3 Å². The third-order valence-corrected chi connectivity index (χ3v) is 5.97. The summed E-state index contributed by atoms with van der Waals surface area (Å²) in [6.45, 7) is 2.22. The second-order valence-electron chi connectivity index (χ2n) is 5.39. The highest BCUT2D eigenvalue weighted by Crippen LogP contribution is 2.28. The molecule has 6 nitrogen and oxygen atoms in total. The Morgan fingerprint density at radius 1 is 1.23 bits per heavy atom. The highest BCUT2D eigenvalue weighted by Gasteiger charge is 2.43. The summed E-state index contributed by atoms with van der Waals surface area (Å²) in [5.74, 6) is 0.250. The smallest absolute Gasteiger partial charge is 0.246 e. The van der Waals surface area contributed by atoms with Gasteiger partial charge in [0.25, 0.3) is 0 Å². The van der Waals surface area contributed by atoms with Gasteiger partial charge in [-0.2, -0.15) is 5.10 Å². The number of aryl methyl sites for hydroxylation is 2. The molecule has 1 atom stereocenters. The first kappa shape index (κ1) is 14.8. The number of sulfone groups is 1. The molecule has 0 aliphatic carbocycles. The van der Waals surface area contributed by atoms with Crippen molar-refractivity contribution in [1.29, 1.82) is 0 Å². The Bertz CT molecular complexity index is 812. The summed E-state index contributed by atoms with van der Waals surface area (Å²) in [6.07, 6.45) is 0.292. The molecule has 0 unspecified atom stereocenters. The average Bonchev–Trinajstić information content (AvgIpc) is 3.02. The van der Waals surface area contributed by atoms with Crippen LogP contribution < -0.4 is 4.90 Å². The van der Waals surface area contributed by atoms with Gasteiger partial charge in [-0.3, -0.25) is 14.4 Å². The van der Waals surface area contributed by atoms with Crippen molar-refractivity contribution >= 4 is 21.6 Å². The minimum absolute atomic E-state index is 0.191. The summed E-state index contributed by atoms with van der Waals surface area (Å²) in [7, 11) is -1.91. The Kier molecular flexibility index (Phi) is 3.52. The standard InChI is InChI=1S/C15H17N3O3S/c1-11-10-14(17(2)16-11)18-9-8-13(15(18)19)22(20,21)12-6-4-3-5-7-12/h3-7,10,13H,8-9H2,1-2H3/t13-/m1/s1. The minimum atomic E-state index is -3.66. The largest absolute Gasteiger partial charge is 0.296 e. The van der Waals surface area contributed by atoms with Gasteiger partial charge in [0.1, 0.15) is 11.1 Å². The third kappa shape index (κ3) is 2.31. The molecule has 0 radical (unpaired) electrons. The number of hydrogen-bond donors (Lipinski definition) is 0. The number of aromatic nitrogens is 2. The maximum Gasteiger partial charge on any atom is 0.246 e. The maximum atomic E-state index is 12.6. The minimum Gasteiger partial charge on any atom is -0.296 e. The Balaban J connectivity index is 1.93. The quantitative estimate of drug-likeness (QED) is 0.855. The average molecular weight is 319 g/mol. The van der Waals surface area contributed by atoms with Gasteiger partial charge in [0, 0.05) is 19.7 Å². The Hall–Kier alpha value is -2.15. The van der Waals surface area contributed by atoms with Gasteiger partial charge < -0.3 is 0 Å². The fourth-order valence-electron chi connectivity index (χ4n) is 2.79. The maximum absolute atomic E-state index is 12.6. The van der Waals surface area contributed by atoms with Gasteiger partial charge in [-0.1, -0.05) is 18.2 Å². The fourth-order valence-corrected chi connectivity index (χ4v) is 4.47. The van der Waals surface area contributed by atoms with Gasteiger partial charge in [-0.15, -0.1) is 0 Å². The van der Waals surface area contributed by atoms with E-state index in [1.807, 2.05) is 6.92 Å². The number of rotatable bonds is 3. The molecule has 1 aliphatic rings. The van der Waals surface area contributed by atoms with Gasteiger partial charge in [-0.25, -0.2) is 8.42 Å². The molecule has 1 aromatic heterocycles. The van der Waals surface area contributed by atoms with E-state index in [9.17, 15) is 13.2 Å². The van der Waals surface area contributed by atoms with E-state index in [4.69, 9.17) is 0 Å². The lowest BCUT2D eigenvalue weighted by atomic mass is 10.4. The van der Waals surface area contributed by atoms with E-state index in [2.05, 4.69) is 5.10 Å². The Labute approximate surface area is 129 Å². The molecule has 0 saturated carbocycles. The summed E-state index contributed by atoms with van der Waals surface area (Å²) >= 11 is 0. The van der Waals surface area contributed by atoms with Crippen molar-refractivity contribution in [3.05, 3.63) is 42.1 Å². The molecule has 7 heteroatoms. The van der Waals surface area contributed by atoms with E-state index in [0.29, 0.717) is 18.8 Å². The van der Waals surface area contributed by atoms with Crippen LogP contribution in [0.2, 0.25) is 0 Å². The number of nitrogens with zero attached hydrogens (tertiary/aromatic N) is 3. The molecule has 116 valence electrons. The van der Waals surface area contributed by atoms with E-state index in [1.54, 1.807) is 36.0 Å². The zero-order valence-electron chi connectivity index (χ0n) is 12.4. The SMILES string of the molecule is Cc1cc(N2CC[C@@H](S(=O)(=O)c3ccccc3)C2=O)n(C)n1. The Morgan fingerprint density at radius 3 is 2.50 bits per heavy atom. The number of benzene rings is 1. The van der Waals surface area contributed by atoms with E-state index < -0.39 is 15.1 Å². The number of anilines is 1. The van der Waals surface area contributed by atoms with Crippen LogP contribution in [0.4, 0.5) is 5.82 Å². The van der Waals surface area contributed by atoms with Crippen molar-refractivity contribution in [2.24, 2.45) is 7.05 Å². The molecule has 2 aromatic rings. The molecule has 0 spiro atoms. The van der Waals surface area contributed by atoms with E-state index in [-0.39, 0.29) is 10.8 Å². The monoisotopic (exact) mass is 319 g/mol. The number of carbonyl (C=O) groups is 1. The van der Waals surface area contributed by atoms with Crippen LogP contribution in [0, 0.1) is 6.92 Å². The highest BCUT2D eigenvalue weighted by molar-refractivity contribution is 7.92. The first-order valence-electron chi connectivity index (χ1n) is 7.02. The van der Waals surface area contributed by atoms with Gasteiger partial charge in [0.15, 0.2) is 9.84 Å². The molecule has 22 heavy (non-hydrogen) atoms. The van der Waals surface area contributed by atoms with Crippen LogP contribution in [0.3, 0.4) is 0 Å². The lowest BCUT2D eigenvalue weighted by Gasteiger charge is -2.16. The number of carbonyl (C=O) groups excluding carboxylic acids is 1. The number of hydrogen-bond acceptors (Lipinski definition) is 4. The van der Waals surface area contributed by atoms with Crippen LogP contribution in [-0.4, -0.2) is 35.9 Å². The molecule has 1 fully saturated rings. The van der Waals surface area contributed by atoms with Crippen molar-refractivity contribution < 1.29 is 13.2 Å². The van der Waals surface area contributed by atoms with Gasteiger partial charge in [-0.05, 0) is 25.5 Å². The van der Waals surface area contributed by atoms with Crippen molar-refractivity contribution in [3.63, 3.8) is 0 Å². The van der Waals surface area contributed by atoms with Crippen molar-refractivity contribution in [2.75, 3.05) is 11.4 Å². The summed E-state index contributed by atoms with van der Waals surface area (Å²) < 4.78 is 26.9. The van der Waals surface area contributed by atoms with Crippen LogP contribution in [0.15, 0.2) is 41.3 Å².